The van der Waals surface area contributed by atoms with Gasteiger partial charge in [0.2, 0.25) is 0 Å². The molecular weight excluding hydrogens is 254 g/mol. The van der Waals surface area contributed by atoms with E-state index in [2.05, 4.69) is 59.5 Å². The van der Waals surface area contributed by atoms with Gasteiger partial charge >= 0.3 is 0 Å². The first-order valence-corrected chi connectivity index (χ1v) is 7.45. The maximum atomic E-state index is 4.28. The molecule has 0 unspecified atom stereocenters. The number of allylic oxidation sites excluding steroid dienone is 1. The normalized spacial score (nSPS) is 10.6. The van der Waals surface area contributed by atoms with Gasteiger partial charge in [0.15, 0.2) is 5.16 Å². The summed E-state index contributed by atoms with van der Waals surface area (Å²) in [7, 11) is 0. The van der Waals surface area contributed by atoms with Crippen LogP contribution in [0, 0.1) is 6.92 Å². The summed E-state index contributed by atoms with van der Waals surface area (Å²) in [5.74, 6) is 1.94. The third-order valence-corrected chi connectivity index (χ3v) is 4.05. The minimum Gasteiger partial charge on any atom is -0.302 e. The molecule has 1 aromatic carbocycles. The van der Waals surface area contributed by atoms with E-state index in [1.54, 1.807) is 11.8 Å². The number of hydrogen-bond acceptors (Lipinski definition) is 3. The molecule has 0 atom stereocenters. The molecule has 0 amide bonds. The Hall–Kier alpha value is -1.55. The number of hydrogen-bond donors (Lipinski definition) is 0. The van der Waals surface area contributed by atoms with Crippen LogP contribution in [0.25, 0.3) is 0 Å². The molecule has 0 N–H and O–H groups in total. The van der Waals surface area contributed by atoms with Crippen molar-refractivity contribution in [2.45, 2.75) is 37.7 Å². The molecular formula is C15H19N3S. The monoisotopic (exact) mass is 273 g/mol. The Bertz CT molecular complexity index is 560. The Morgan fingerprint density at radius 1 is 1.32 bits per heavy atom. The highest BCUT2D eigenvalue weighted by Gasteiger charge is 2.10. The van der Waals surface area contributed by atoms with Gasteiger partial charge in [-0.3, -0.25) is 0 Å². The van der Waals surface area contributed by atoms with Crippen LogP contribution in [0.5, 0.6) is 0 Å². The summed E-state index contributed by atoms with van der Waals surface area (Å²) in [4.78, 5) is 0. The summed E-state index contributed by atoms with van der Waals surface area (Å²) in [5, 5.41) is 9.48. The van der Waals surface area contributed by atoms with Gasteiger partial charge in [-0.25, -0.2) is 0 Å². The molecule has 0 aliphatic rings. The van der Waals surface area contributed by atoms with Crippen LogP contribution in [0.4, 0.5) is 0 Å². The standard InChI is InChI=1S/C15H19N3S/c1-4-10-18-14(5-2)16-17-15(18)19-11-13-9-7-6-8-12(13)3/h4,6-9H,1,5,10-11H2,2-3H3. The van der Waals surface area contributed by atoms with E-state index in [9.17, 15) is 0 Å². The molecule has 0 aliphatic heterocycles. The molecule has 3 nitrogen and oxygen atoms in total. The Kier molecular flexibility index (Phi) is 4.80. The second kappa shape index (κ2) is 6.57. The van der Waals surface area contributed by atoms with Gasteiger partial charge < -0.3 is 4.57 Å². The van der Waals surface area contributed by atoms with Crippen LogP contribution in [0.1, 0.15) is 23.9 Å². The predicted octanol–water partition coefficient (Wildman–Crippen LogP) is 3.63. The lowest BCUT2D eigenvalue weighted by atomic mass is 10.1. The average molecular weight is 273 g/mol. The highest BCUT2D eigenvalue weighted by Crippen LogP contribution is 2.23. The van der Waals surface area contributed by atoms with E-state index < -0.39 is 0 Å². The maximum Gasteiger partial charge on any atom is 0.191 e. The minimum absolute atomic E-state index is 0.770. The summed E-state index contributed by atoms with van der Waals surface area (Å²) in [6, 6.07) is 8.45. The molecule has 0 bridgehead atoms. The second-order valence-corrected chi connectivity index (χ2v) is 5.31. The third kappa shape index (κ3) is 3.26. The average Bonchev–Trinajstić information content (AvgIpc) is 2.81. The van der Waals surface area contributed by atoms with Crippen molar-refractivity contribution in [1.82, 2.24) is 14.8 Å². The SMILES string of the molecule is C=CCn1c(CC)nnc1SCc1ccccc1C. The van der Waals surface area contributed by atoms with Gasteiger partial charge in [0.1, 0.15) is 5.82 Å². The van der Waals surface area contributed by atoms with Crippen LogP contribution in [0.3, 0.4) is 0 Å². The molecule has 1 aromatic heterocycles. The zero-order chi connectivity index (χ0) is 13.7. The molecule has 0 aliphatic carbocycles. The lowest BCUT2D eigenvalue weighted by Gasteiger charge is -2.07. The van der Waals surface area contributed by atoms with E-state index >= 15 is 0 Å². The van der Waals surface area contributed by atoms with Gasteiger partial charge in [-0.05, 0) is 18.1 Å². The van der Waals surface area contributed by atoms with Gasteiger partial charge in [-0.15, -0.1) is 16.8 Å². The van der Waals surface area contributed by atoms with E-state index in [-0.39, 0.29) is 0 Å². The van der Waals surface area contributed by atoms with Gasteiger partial charge in [-0.1, -0.05) is 49.0 Å². The van der Waals surface area contributed by atoms with Crippen molar-refractivity contribution < 1.29 is 0 Å². The lowest BCUT2D eigenvalue weighted by molar-refractivity contribution is 0.685. The third-order valence-electron chi connectivity index (χ3n) is 3.04. The van der Waals surface area contributed by atoms with Gasteiger partial charge in [-0.2, -0.15) is 0 Å². The minimum atomic E-state index is 0.770. The summed E-state index contributed by atoms with van der Waals surface area (Å²) in [6.45, 7) is 8.81. The summed E-state index contributed by atoms with van der Waals surface area (Å²) in [6.07, 6.45) is 2.78. The number of benzene rings is 1. The molecule has 1 heterocycles. The van der Waals surface area contributed by atoms with Gasteiger partial charge in [0.05, 0.1) is 0 Å². The zero-order valence-electron chi connectivity index (χ0n) is 11.5. The largest absolute Gasteiger partial charge is 0.302 e. The fraction of sp³-hybridized carbons (Fsp3) is 0.333. The topological polar surface area (TPSA) is 30.7 Å². The first kappa shape index (κ1) is 13.9. The van der Waals surface area contributed by atoms with Crippen LogP contribution in [-0.2, 0) is 18.7 Å². The Morgan fingerprint density at radius 3 is 2.79 bits per heavy atom. The quantitative estimate of drug-likeness (QED) is 0.595. The summed E-state index contributed by atoms with van der Waals surface area (Å²) < 4.78 is 2.13. The zero-order valence-corrected chi connectivity index (χ0v) is 12.3. The van der Waals surface area contributed by atoms with Crippen LogP contribution >= 0.6 is 11.8 Å². The fourth-order valence-electron chi connectivity index (χ4n) is 1.91. The molecule has 2 aromatic rings. The Labute approximate surface area is 118 Å². The molecule has 19 heavy (non-hydrogen) atoms. The summed E-state index contributed by atoms with van der Waals surface area (Å²) in [5.41, 5.74) is 2.67. The molecule has 0 spiro atoms. The lowest BCUT2D eigenvalue weighted by Crippen LogP contribution is -2.02. The number of nitrogens with zero attached hydrogens (tertiary/aromatic N) is 3. The fourth-order valence-corrected chi connectivity index (χ4v) is 2.96. The first-order valence-electron chi connectivity index (χ1n) is 6.46. The highest BCUT2D eigenvalue weighted by atomic mass is 32.2. The predicted molar refractivity (Wildman–Crippen MR) is 80.3 cm³/mol. The Balaban J connectivity index is 2.13. The van der Waals surface area contributed by atoms with E-state index in [1.807, 2.05) is 6.08 Å². The van der Waals surface area contributed by atoms with Gasteiger partial charge in [0.25, 0.3) is 0 Å². The number of aromatic nitrogens is 3. The molecule has 0 saturated heterocycles. The van der Waals surface area contributed by atoms with Crippen molar-refractivity contribution in [2.75, 3.05) is 0 Å². The molecule has 0 radical (unpaired) electrons. The molecule has 100 valence electrons. The first-order chi connectivity index (χ1) is 9.26. The molecule has 0 fully saturated rings. The summed E-state index contributed by atoms with van der Waals surface area (Å²) >= 11 is 1.73. The van der Waals surface area contributed by atoms with Crippen molar-refractivity contribution in [3.63, 3.8) is 0 Å². The van der Waals surface area contributed by atoms with Crippen LogP contribution < -0.4 is 0 Å². The second-order valence-electron chi connectivity index (χ2n) is 4.37. The molecule has 4 heteroatoms. The molecule has 0 saturated carbocycles. The van der Waals surface area contributed by atoms with Crippen LogP contribution in [0.15, 0.2) is 42.1 Å². The smallest absolute Gasteiger partial charge is 0.191 e. The van der Waals surface area contributed by atoms with Crippen molar-refractivity contribution in [1.29, 1.82) is 0 Å². The number of thioether (sulfide) groups is 1. The van der Waals surface area contributed by atoms with E-state index in [1.165, 1.54) is 11.1 Å². The highest BCUT2D eigenvalue weighted by molar-refractivity contribution is 7.98. The van der Waals surface area contributed by atoms with Crippen molar-refractivity contribution in [3.8, 4) is 0 Å². The van der Waals surface area contributed by atoms with Crippen LogP contribution in [-0.4, -0.2) is 14.8 Å². The van der Waals surface area contributed by atoms with Crippen LogP contribution in [0.2, 0.25) is 0 Å². The van der Waals surface area contributed by atoms with Crippen molar-refractivity contribution in [3.05, 3.63) is 53.9 Å². The number of rotatable bonds is 6. The van der Waals surface area contributed by atoms with Crippen molar-refractivity contribution in [2.24, 2.45) is 0 Å². The Morgan fingerprint density at radius 2 is 2.11 bits per heavy atom. The van der Waals surface area contributed by atoms with E-state index in [0.717, 1.165) is 29.7 Å². The number of aryl methyl sites for hydroxylation is 2. The molecule has 2 rings (SSSR count). The van der Waals surface area contributed by atoms with E-state index in [4.69, 9.17) is 0 Å². The van der Waals surface area contributed by atoms with E-state index in [0.29, 0.717) is 0 Å². The van der Waals surface area contributed by atoms with Crippen molar-refractivity contribution >= 4 is 11.8 Å². The van der Waals surface area contributed by atoms with Gasteiger partial charge in [0, 0.05) is 18.7 Å². The maximum absolute atomic E-state index is 4.28.